The van der Waals surface area contributed by atoms with E-state index < -0.39 is 0 Å². The van der Waals surface area contributed by atoms with Crippen molar-refractivity contribution in [2.45, 2.75) is 19.4 Å². The van der Waals surface area contributed by atoms with Crippen molar-refractivity contribution >= 4 is 5.82 Å². The van der Waals surface area contributed by atoms with E-state index >= 15 is 0 Å². The zero-order valence-electron chi connectivity index (χ0n) is 10.2. The van der Waals surface area contributed by atoms with Gasteiger partial charge in [0.2, 0.25) is 0 Å². The molecule has 0 fully saturated rings. The fourth-order valence-electron chi connectivity index (χ4n) is 1.54. The number of anilines is 1. The molecule has 3 nitrogen and oxygen atoms in total. The third-order valence-corrected chi connectivity index (χ3v) is 2.48. The van der Waals surface area contributed by atoms with Gasteiger partial charge in [-0.3, -0.25) is 0 Å². The van der Waals surface area contributed by atoms with Crippen LogP contribution in [0.5, 0.6) is 0 Å². The van der Waals surface area contributed by atoms with Crippen LogP contribution in [0, 0.1) is 0 Å². The number of unbranched alkanes of at least 4 members (excludes halogenated alkanes) is 1. The fraction of sp³-hybridized carbons (Fsp3) is 0.462. The lowest BCUT2D eigenvalue weighted by Gasteiger charge is -2.17. The topological polar surface area (TPSA) is 28.2 Å². The van der Waals surface area contributed by atoms with E-state index in [-0.39, 0.29) is 0 Å². The molecule has 1 aromatic rings. The van der Waals surface area contributed by atoms with Gasteiger partial charge in [-0.05, 0) is 31.5 Å². The van der Waals surface area contributed by atoms with E-state index in [2.05, 4.69) is 41.0 Å². The lowest BCUT2D eigenvalue weighted by Crippen LogP contribution is -2.19. The summed E-state index contributed by atoms with van der Waals surface area (Å²) in [6.07, 6.45) is 6.06. The summed E-state index contributed by atoms with van der Waals surface area (Å²) in [7, 11) is 4.01. The monoisotopic (exact) mass is 219 g/mol. The van der Waals surface area contributed by atoms with Gasteiger partial charge in [0, 0.05) is 26.3 Å². The maximum atomic E-state index is 4.44. The maximum Gasteiger partial charge on any atom is 0.128 e. The van der Waals surface area contributed by atoms with Gasteiger partial charge < -0.3 is 10.2 Å². The normalized spacial score (nSPS) is 10.1. The summed E-state index contributed by atoms with van der Waals surface area (Å²) in [6.45, 7) is 5.61. The predicted octanol–water partition coefficient (Wildman–Crippen LogP) is 2.20. The smallest absolute Gasteiger partial charge is 0.128 e. The molecule has 88 valence electrons. The highest BCUT2D eigenvalue weighted by molar-refractivity contribution is 5.38. The van der Waals surface area contributed by atoms with E-state index in [0.717, 1.165) is 31.7 Å². The highest BCUT2D eigenvalue weighted by Crippen LogP contribution is 2.10. The quantitative estimate of drug-likeness (QED) is 0.563. The number of aromatic nitrogens is 1. The van der Waals surface area contributed by atoms with Crippen LogP contribution >= 0.6 is 0 Å². The molecule has 1 heterocycles. The SMILES string of the molecule is C=CCCCN(C)c1ccc(CNC)cn1. The Kier molecular flexibility index (Phi) is 5.57. The largest absolute Gasteiger partial charge is 0.360 e. The Bertz CT molecular complexity index is 305. The first-order valence-corrected chi connectivity index (χ1v) is 5.69. The van der Waals surface area contributed by atoms with E-state index in [1.54, 1.807) is 0 Å². The molecule has 3 heteroatoms. The Morgan fingerprint density at radius 2 is 2.31 bits per heavy atom. The minimum atomic E-state index is 0.869. The number of pyridine rings is 1. The fourth-order valence-corrected chi connectivity index (χ4v) is 1.54. The number of hydrogen-bond donors (Lipinski definition) is 1. The average molecular weight is 219 g/mol. The second kappa shape index (κ2) is 7.01. The summed E-state index contributed by atoms with van der Waals surface area (Å²) >= 11 is 0. The minimum Gasteiger partial charge on any atom is -0.360 e. The molecule has 0 bridgehead atoms. The van der Waals surface area contributed by atoms with Crippen molar-refractivity contribution in [2.24, 2.45) is 0 Å². The van der Waals surface area contributed by atoms with E-state index in [1.807, 2.05) is 19.3 Å². The van der Waals surface area contributed by atoms with Gasteiger partial charge in [-0.15, -0.1) is 6.58 Å². The van der Waals surface area contributed by atoms with Crippen molar-refractivity contribution in [1.29, 1.82) is 0 Å². The van der Waals surface area contributed by atoms with Gasteiger partial charge in [-0.2, -0.15) is 0 Å². The van der Waals surface area contributed by atoms with E-state index in [0.29, 0.717) is 0 Å². The van der Waals surface area contributed by atoms with Gasteiger partial charge in [0.1, 0.15) is 5.82 Å². The van der Waals surface area contributed by atoms with Crippen LogP contribution in [0.1, 0.15) is 18.4 Å². The van der Waals surface area contributed by atoms with E-state index in [1.165, 1.54) is 5.56 Å². The molecule has 0 aromatic carbocycles. The van der Waals surface area contributed by atoms with Crippen LogP contribution in [0.4, 0.5) is 5.82 Å². The van der Waals surface area contributed by atoms with Gasteiger partial charge in [0.05, 0.1) is 0 Å². The van der Waals surface area contributed by atoms with Crippen molar-refractivity contribution in [1.82, 2.24) is 10.3 Å². The Balaban J connectivity index is 2.48. The summed E-state index contributed by atoms with van der Waals surface area (Å²) in [5, 5.41) is 3.11. The summed E-state index contributed by atoms with van der Waals surface area (Å²) in [4.78, 5) is 6.61. The summed E-state index contributed by atoms with van der Waals surface area (Å²) in [5.74, 6) is 1.03. The van der Waals surface area contributed by atoms with Crippen LogP contribution in [-0.2, 0) is 6.54 Å². The van der Waals surface area contributed by atoms with Crippen LogP contribution in [0.25, 0.3) is 0 Å². The molecule has 1 rings (SSSR count). The Morgan fingerprint density at radius 3 is 2.88 bits per heavy atom. The molecule has 0 unspecified atom stereocenters. The van der Waals surface area contributed by atoms with Crippen LogP contribution in [0.2, 0.25) is 0 Å². The highest BCUT2D eigenvalue weighted by atomic mass is 15.2. The first-order chi connectivity index (χ1) is 7.77. The van der Waals surface area contributed by atoms with Crippen LogP contribution < -0.4 is 10.2 Å². The third-order valence-electron chi connectivity index (χ3n) is 2.48. The molecule has 0 aliphatic rings. The summed E-state index contributed by atoms with van der Waals surface area (Å²) in [6, 6.07) is 4.18. The van der Waals surface area contributed by atoms with Crippen LogP contribution in [0.15, 0.2) is 31.0 Å². The number of rotatable bonds is 7. The molecular weight excluding hydrogens is 198 g/mol. The first kappa shape index (κ1) is 12.7. The maximum absolute atomic E-state index is 4.44. The molecule has 0 saturated heterocycles. The molecule has 16 heavy (non-hydrogen) atoms. The van der Waals surface area contributed by atoms with Gasteiger partial charge in [-0.1, -0.05) is 12.1 Å². The predicted molar refractivity (Wildman–Crippen MR) is 69.7 cm³/mol. The van der Waals surface area contributed by atoms with E-state index in [9.17, 15) is 0 Å². The minimum absolute atomic E-state index is 0.869. The van der Waals surface area contributed by atoms with Crippen LogP contribution in [-0.4, -0.2) is 25.6 Å². The number of allylic oxidation sites excluding steroid dienone is 1. The van der Waals surface area contributed by atoms with Gasteiger partial charge >= 0.3 is 0 Å². The first-order valence-electron chi connectivity index (χ1n) is 5.69. The van der Waals surface area contributed by atoms with Crippen molar-refractivity contribution < 1.29 is 0 Å². The zero-order chi connectivity index (χ0) is 11.8. The highest BCUT2D eigenvalue weighted by Gasteiger charge is 2.01. The standard InChI is InChI=1S/C13H21N3/c1-4-5-6-9-16(3)13-8-7-12(10-14-2)11-15-13/h4,7-8,11,14H,1,5-6,9-10H2,2-3H3. The Morgan fingerprint density at radius 1 is 1.50 bits per heavy atom. The van der Waals surface area contributed by atoms with E-state index in [4.69, 9.17) is 0 Å². The van der Waals surface area contributed by atoms with Gasteiger partial charge in [0.15, 0.2) is 0 Å². The molecule has 0 amide bonds. The van der Waals surface area contributed by atoms with Crippen molar-refractivity contribution in [3.63, 3.8) is 0 Å². The zero-order valence-corrected chi connectivity index (χ0v) is 10.2. The molecule has 0 aliphatic carbocycles. The van der Waals surface area contributed by atoms with Crippen LogP contribution in [0.3, 0.4) is 0 Å². The molecule has 0 spiro atoms. The molecule has 0 saturated carbocycles. The Labute approximate surface area is 98.2 Å². The number of hydrogen-bond acceptors (Lipinski definition) is 3. The summed E-state index contributed by atoms with van der Waals surface area (Å²) < 4.78 is 0. The molecule has 1 N–H and O–H groups in total. The lowest BCUT2D eigenvalue weighted by atomic mass is 10.2. The van der Waals surface area contributed by atoms with Crippen molar-refractivity contribution in [2.75, 3.05) is 25.5 Å². The Hall–Kier alpha value is -1.35. The lowest BCUT2D eigenvalue weighted by molar-refractivity contribution is 0.785. The molecule has 1 aromatic heterocycles. The number of nitrogens with zero attached hydrogens (tertiary/aromatic N) is 2. The molecular formula is C13H21N3. The molecule has 0 atom stereocenters. The van der Waals surface area contributed by atoms with Crippen molar-refractivity contribution in [3.05, 3.63) is 36.5 Å². The third kappa shape index (κ3) is 4.03. The second-order valence-electron chi connectivity index (χ2n) is 3.91. The molecule has 0 radical (unpaired) electrons. The molecule has 0 aliphatic heterocycles. The average Bonchev–Trinajstić information content (AvgIpc) is 2.30. The summed E-state index contributed by atoms with van der Waals surface area (Å²) in [5.41, 5.74) is 1.21. The number of nitrogens with one attached hydrogen (secondary N) is 1. The van der Waals surface area contributed by atoms with Gasteiger partial charge in [0.25, 0.3) is 0 Å². The van der Waals surface area contributed by atoms with Gasteiger partial charge in [-0.25, -0.2) is 4.98 Å². The van der Waals surface area contributed by atoms with Crippen molar-refractivity contribution in [3.8, 4) is 0 Å². The second-order valence-corrected chi connectivity index (χ2v) is 3.91.